The quantitative estimate of drug-likeness (QED) is 0.763. The van der Waals surface area contributed by atoms with Gasteiger partial charge in [0, 0.05) is 6.61 Å². The second kappa shape index (κ2) is 4.42. The van der Waals surface area contributed by atoms with E-state index in [4.69, 9.17) is 27.9 Å². The maximum atomic E-state index is 12.0. The average Bonchev–Trinajstić information content (AvgIpc) is 2.71. The first-order valence-electron chi connectivity index (χ1n) is 4.70. The summed E-state index contributed by atoms with van der Waals surface area (Å²) in [6.45, 7) is 2.66. The summed E-state index contributed by atoms with van der Waals surface area (Å²) >= 11 is 12.9. The number of carbonyl (C=O) groups is 1. The molecule has 5 heteroatoms. The van der Waals surface area contributed by atoms with Crippen LogP contribution in [0.1, 0.15) is 23.7 Å². The number of ether oxygens (including phenoxy) is 1. The molecule has 1 aromatic rings. The van der Waals surface area contributed by atoms with Gasteiger partial charge < -0.3 is 4.74 Å². The summed E-state index contributed by atoms with van der Waals surface area (Å²) in [5, 5.41) is 0. The molecule has 1 aliphatic rings. The summed E-state index contributed by atoms with van der Waals surface area (Å²) in [4.78, 5) is 12.0. The number of rotatable bonds is 2. The van der Waals surface area contributed by atoms with Gasteiger partial charge in [0.1, 0.15) is 10.4 Å². The number of hydrogen-bond donors (Lipinski definition) is 0. The lowest BCUT2D eigenvalue weighted by Crippen LogP contribution is -2.25. The van der Waals surface area contributed by atoms with Crippen molar-refractivity contribution in [3.63, 3.8) is 0 Å². The van der Waals surface area contributed by atoms with E-state index in [-0.39, 0.29) is 17.8 Å². The number of halogens is 2. The first kappa shape index (κ1) is 11.4. The molecule has 2 nitrogen and oxygen atoms in total. The van der Waals surface area contributed by atoms with E-state index < -0.39 is 0 Å². The molecule has 0 amide bonds. The molecular formula is C10H10Cl2O2S. The first-order valence-corrected chi connectivity index (χ1v) is 6.27. The van der Waals surface area contributed by atoms with Crippen LogP contribution in [0.5, 0.6) is 0 Å². The Kier molecular flexibility index (Phi) is 3.36. The van der Waals surface area contributed by atoms with Gasteiger partial charge in [-0.05, 0) is 18.4 Å². The Hall–Kier alpha value is -0.0900. The van der Waals surface area contributed by atoms with Crippen molar-refractivity contribution in [3.05, 3.63) is 20.3 Å². The van der Waals surface area contributed by atoms with Crippen LogP contribution in [0.4, 0.5) is 0 Å². The van der Waals surface area contributed by atoms with Crippen molar-refractivity contribution in [3.8, 4) is 0 Å². The first-order chi connectivity index (χ1) is 7.09. The van der Waals surface area contributed by atoms with Gasteiger partial charge in [-0.1, -0.05) is 30.1 Å². The van der Waals surface area contributed by atoms with Gasteiger partial charge in [0.05, 0.1) is 9.90 Å². The monoisotopic (exact) mass is 264 g/mol. The van der Waals surface area contributed by atoms with Crippen molar-refractivity contribution < 1.29 is 9.53 Å². The largest absolute Gasteiger partial charge is 0.370 e. The molecule has 2 atom stereocenters. The lowest BCUT2D eigenvalue weighted by atomic mass is 9.98. The molecule has 2 heterocycles. The normalized spacial score (nSPS) is 25.8. The van der Waals surface area contributed by atoms with Gasteiger partial charge in [-0.25, -0.2) is 0 Å². The predicted octanol–water partition coefficient (Wildman–Crippen LogP) is 3.66. The molecule has 82 valence electrons. The minimum absolute atomic E-state index is 0.0480. The van der Waals surface area contributed by atoms with Crippen LogP contribution in [0.2, 0.25) is 8.67 Å². The second-order valence-electron chi connectivity index (χ2n) is 3.66. The fourth-order valence-electron chi connectivity index (χ4n) is 1.69. The zero-order valence-electron chi connectivity index (χ0n) is 8.13. The number of hydrogen-bond acceptors (Lipinski definition) is 3. The van der Waals surface area contributed by atoms with E-state index in [9.17, 15) is 4.79 Å². The Morgan fingerprint density at radius 1 is 1.60 bits per heavy atom. The van der Waals surface area contributed by atoms with Crippen LogP contribution in [0.25, 0.3) is 0 Å². The summed E-state index contributed by atoms with van der Waals surface area (Å²) in [5.74, 6) is 0.209. The molecular weight excluding hydrogens is 255 g/mol. The third-order valence-corrected chi connectivity index (χ3v) is 4.06. The van der Waals surface area contributed by atoms with E-state index in [2.05, 4.69) is 0 Å². The Morgan fingerprint density at radius 3 is 2.80 bits per heavy atom. The van der Waals surface area contributed by atoms with E-state index >= 15 is 0 Å². The highest BCUT2D eigenvalue weighted by Gasteiger charge is 2.33. The lowest BCUT2D eigenvalue weighted by Gasteiger charge is -2.12. The highest BCUT2D eigenvalue weighted by atomic mass is 35.5. The van der Waals surface area contributed by atoms with Crippen molar-refractivity contribution in [2.24, 2.45) is 5.92 Å². The molecule has 2 rings (SSSR count). The highest BCUT2D eigenvalue weighted by Crippen LogP contribution is 2.34. The summed E-state index contributed by atoms with van der Waals surface area (Å²) < 4.78 is 6.39. The van der Waals surface area contributed by atoms with Gasteiger partial charge >= 0.3 is 0 Å². The number of Topliss-reactive ketones (excluding diaryl/α,β-unsaturated/α-hetero) is 1. The van der Waals surface area contributed by atoms with E-state index in [1.54, 1.807) is 6.07 Å². The van der Waals surface area contributed by atoms with Gasteiger partial charge in [0.15, 0.2) is 5.78 Å². The third kappa shape index (κ3) is 2.21. The molecule has 1 aliphatic heterocycles. The van der Waals surface area contributed by atoms with Crippen LogP contribution in [-0.4, -0.2) is 18.5 Å². The number of thiophene rings is 1. The second-order valence-corrected chi connectivity index (χ2v) is 5.95. The molecule has 0 spiro atoms. The Morgan fingerprint density at radius 2 is 2.33 bits per heavy atom. The van der Waals surface area contributed by atoms with Crippen molar-refractivity contribution in [2.45, 2.75) is 19.4 Å². The summed E-state index contributed by atoms with van der Waals surface area (Å²) in [6.07, 6.45) is 0.569. The standard InChI is InChI=1S/C10H10Cl2O2S/c1-5-2-3-14-9(5)8(13)6-4-7(11)15-10(6)12/h4-5,9H,2-3H2,1H3. The topological polar surface area (TPSA) is 26.3 Å². The molecule has 15 heavy (non-hydrogen) atoms. The van der Waals surface area contributed by atoms with Gasteiger partial charge in [-0.15, -0.1) is 11.3 Å². The highest BCUT2D eigenvalue weighted by molar-refractivity contribution is 7.20. The maximum Gasteiger partial charge on any atom is 0.194 e. The molecule has 2 unspecified atom stereocenters. The van der Waals surface area contributed by atoms with E-state index in [0.29, 0.717) is 20.8 Å². The maximum absolute atomic E-state index is 12.0. The minimum Gasteiger partial charge on any atom is -0.370 e. The van der Waals surface area contributed by atoms with Crippen molar-refractivity contribution in [1.29, 1.82) is 0 Å². The zero-order valence-corrected chi connectivity index (χ0v) is 10.5. The fourth-order valence-corrected chi connectivity index (χ4v) is 3.17. The smallest absolute Gasteiger partial charge is 0.194 e. The molecule has 1 aromatic heterocycles. The lowest BCUT2D eigenvalue weighted by molar-refractivity contribution is 0.0580. The summed E-state index contributed by atoms with van der Waals surface area (Å²) in [7, 11) is 0. The average molecular weight is 265 g/mol. The van der Waals surface area contributed by atoms with Crippen LogP contribution < -0.4 is 0 Å². The SMILES string of the molecule is CC1CCOC1C(=O)c1cc(Cl)sc1Cl. The number of ketones is 1. The minimum atomic E-state index is -0.354. The third-order valence-electron chi connectivity index (χ3n) is 2.57. The van der Waals surface area contributed by atoms with Crippen LogP contribution >= 0.6 is 34.5 Å². The molecule has 0 N–H and O–H groups in total. The Labute approximate surface area is 102 Å². The summed E-state index contributed by atoms with van der Waals surface area (Å²) in [6, 6.07) is 1.62. The molecule has 0 bridgehead atoms. The molecule has 0 saturated carbocycles. The molecule has 1 fully saturated rings. The van der Waals surface area contributed by atoms with E-state index in [1.807, 2.05) is 6.92 Å². The van der Waals surface area contributed by atoms with Crippen LogP contribution in [0.15, 0.2) is 6.07 Å². The molecule has 1 saturated heterocycles. The molecule has 0 radical (unpaired) electrons. The van der Waals surface area contributed by atoms with Gasteiger partial charge in [-0.3, -0.25) is 4.79 Å². The van der Waals surface area contributed by atoms with E-state index in [0.717, 1.165) is 6.42 Å². The Bertz CT molecular complexity index is 389. The molecule has 0 aliphatic carbocycles. The van der Waals surface area contributed by atoms with E-state index in [1.165, 1.54) is 11.3 Å². The van der Waals surface area contributed by atoms with Crippen LogP contribution in [-0.2, 0) is 4.74 Å². The molecule has 0 aromatic carbocycles. The van der Waals surface area contributed by atoms with Crippen molar-refractivity contribution >= 4 is 40.3 Å². The van der Waals surface area contributed by atoms with Gasteiger partial charge in [0.2, 0.25) is 0 Å². The van der Waals surface area contributed by atoms with Crippen molar-refractivity contribution in [2.75, 3.05) is 6.61 Å². The summed E-state index contributed by atoms with van der Waals surface area (Å²) in [5.41, 5.74) is 0.491. The van der Waals surface area contributed by atoms with Crippen molar-refractivity contribution in [1.82, 2.24) is 0 Å². The van der Waals surface area contributed by atoms with Crippen LogP contribution in [0, 0.1) is 5.92 Å². The Balaban J connectivity index is 2.24. The van der Waals surface area contributed by atoms with Crippen LogP contribution in [0.3, 0.4) is 0 Å². The predicted molar refractivity (Wildman–Crippen MR) is 62.2 cm³/mol. The van der Waals surface area contributed by atoms with Gasteiger partial charge in [-0.2, -0.15) is 0 Å². The number of carbonyl (C=O) groups excluding carboxylic acids is 1. The zero-order chi connectivity index (χ0) is 11.0. The fraction of sp³-hybridized carbons (Fsp3) is 0.500. The van der Waals surface area contributed by atoms with Gasteiger partial charge in [0.25, 0.3) is 0 Å².